The minimum Gasteiger partial charge on any atom is -0.497 e. The molecular weight excluding hydrogens is 358 g/mol. The predicted molar refractivity (Wildman–Crippen MR) is 107 cm³/mol. The van der Waals surface area contributed by atoms with Crippen LogP contribution in [0.1, 0.15) is 32.6 Å². The first kappa shape index (κ1) is 17.6. The number of hydrogen-bond acceptors (Lipinski definition) is 2. The molecule has 3 aromatic rings. The van der Waals surface area contributed by atoms with E-state index in [0.29, 0.717) is 18.1 Å². The van der Waals surface area contributed by atoms with Crippen molar-refractivity contribution in [3.8, 4) is 5.75 Å². The second-order valence-electron chi connectivity index (χ2n) is 6.80. The average Bonchev–Trinajstić information content (AvgIpc) is 3.00. The SMILES string of the molecule is COc1ccc(Cc2ccc3c(c2)C(=O)N(Cc2ccc(Cl)cc2)C3)cc1. The number of amides is 1. The highest BCUT2D eigenvalue weighted by Crippen LogP contribution is 2.27. The third-order valence-electron chi connectivity index (χ3n) is 4.91. The third-order valence-corrected chi connectivity index (χ3v) is 5.16. The molecule has 0 aromatic heterocycles. The van der Waals surface area contributed by atoms with Gasteiger partial charge in [0.15, 0.2) is 0 Å². The minimum atomic E-state index is 0.0940. The van der Waals surface area contributed by atoms with Crippen LogP contribution in [0.3, 0.4) is 0 Å². The number of rotatable bonds is 5. The van der Waals surface area contributed by atoms with Crippen molar-refractivity contribution in [1.29, 1.82) is 0 Å². The normalized spacial score (nSPS) is 13.0. The van der Waals surface area contributed by atoms with E-state index in [0.717, 1.165) is 34.4 Å². The fraction of sp³-hybridized carbons (Fsp3) is 0.174. The predicted octanol–water partition coefficient (Wildman–Crippen LogP) is 5.10. The third kappa shape index (κ3) is 3.83. The van der Waals surface area contributed by atoms with Crippen LogP contribution in [-0.2, 0) is 19.5 Å². The van der Waals surface area contributed by atoms with Crippen molar-refractivity contribution >= 4 is 17.5 Å². The average molecular weight is 378 g/mol. The van der Waals surface area contributed by atoms with Gasteiger partial charge in [-0.3, -0.25) is 4.79 Å². The summed E-state index contributed by atoms with van der Waals surface area (Å²) in [5.74, 6) is 0.942. The smallest absolute Gasteiger partial charge is 0.254 e. The summed E-state index contributed by atoms with van der Waals surface area (Å²) in [7, 11) is 1.66. The lowest BCUT2D eigenvalue weighted by molar-refractivity contribution is 0.0766. The van der Waals surface area contributed by atoms with Crippen LogP contribution in [0.25, 0.3) is 0 Å². The van der Waals surface area contributed by atoms with E-state index in [1.165, 1.54) is 5.56 Å². The van der Waals surface area contributed by atoms with E-state index in [4.69, 9.17) is 16.3 Å². The second kappa shape index (κ2) is 7.45. The molecule has 0 bridgehead atoms. The van der Waals surface area contributed by atoms with Crippen LogP contribution < -0.4 is 4.74 Å². The van der Waals surface area contributed by atoms with E-state index in [9.17, 15) is 4.79 Å². The quantitative estimate of drug-likeness (QED) is 0.619. The molecule has 3 aromatic carbocycles. The molecule has 4 rings (SSSR count). The van der Waals surface area contributed by atoms with Crippen molar-refractivity contribution in [3.05, 3.63) is 99.6 Å². The number of halogens is 1. The zero-order valence-corrected chi connectivity index (χ0v) is 15.9. The Kier molecular flexibility index (Phi) is 4.87. The summed E-state index contributed by atoms with van der Waals surface area (Å²) in [5, 5.41) is 0.706. The molecule has 136 valence electrons. The first-order chi connectivity index (χ1) is 13.1. The van der Waals surface area contributed by atoms with Crippen molar-refractivity contribution in [2.24, 2.45) is 0 Å². The zero-order chi connectivity index (χ0) is 18.8. The lowest BCUT2D eigenvalue weighted by atomic mass is 10.0. The Bertz CT molecular complexity index is 965. The second-order valence-corrected chi connectivity index (χ2v) is 7.24. The van der Waals surface area contributed by atoms with Gasteiger partial charge in [0.2, 0.25) is 0 Å². The van der Waals surface area contributed by atoms with Gasteiger partial charge < -0.3 is 9.64 Å². The van der Waals surface area contributed by atoms with Crippen LogP contribution in [0.15, 0.2) is 66.7 Å². The van der Waals surface area contributed by atoms with Gasteiger partial charge in [-0.25, -0.2) is 0 Å². The van der Waals surface area contributed by atoms with Crippen molar-refractivity contribution < 1.29 is 9.53 Å². The molecule has 0 N–H and O–H groups in total. The molecule has 0 radical (unpaired) electrons. The molecule has 1 aliphatic heterocycles. The lowest BCUT2D eigenvalue weighted by Crippen LogP contribution is -2.23. The van der Waals surface area contributed by atoms with Gasteiger partial charge in [0, 0.05) is 23.7 Å². The Morgan fingerprint density at radius 3 is 2.30 bits per heavy atom. The van der Waals surface area contributed by atoms with Crippen LogP contribution >= 0.6 is 11.6 Å². The van der Waals surface area contributed by atoms with E-state index in [-0.39, 0.29) is 5.91 Å². The maximum atomic E-state index is 12.8. The molecule has 0 saturated carbocycles. The molecule has 0 spiro atoms. The molecule has 1 amide bonds. The van der Waals surface area contributed by atoms with Gasteiger partial charge in [0.1, 0.15) is 5.75 Å². The van der Waals surface area contributed by atoms with Crippen molar-refractivity contribution in [3.63, 3.8) is 0 Å². The summed E-state index contributed by atoms with van der Waals surface area (Å²) in [5.41, 5.74) is 5.32. The maximum absolute atomic E-state index is 12.8. The van der Waals surface area contributed by atoms with Gasteiger partial charge in [0.05, 0.1) is 7.11 Å². The van der Waals surface area contributed by atoms with Crippen LogP contribution in [0.2, 0.25) is 5.02 Å². The molecular formula is C23H20ClNO2. The van der Waals surface area contributed by atoms with E-state index in [1.54, 1.807) is 7.11 Å². The van der Waals surface area contributed by atoms with Crippen molar-refractivity contribution in [2.45, 2.75) is 19.5 Å². The highest BCUT2D eigenvalue weighted by atomic mass is 35.5. The number of nitrogens with zero attached hydrogens (tertiary/aromatic N) is 1. The molecule has 0 atom stereocenters. The Labute approximate surface area is 164 Å². The number of hydrogen-bond donors (Lipinski definition) is 0. The Morgan fingerprint density at radius 2 is 1.59 bits per heavy atom. The summed E-state index contributed by atoms with van der Waals surface area (Å²) in [6.45, 7) is 1.25. The first-order valence-corrected chi connectivity index (χ1v) is 9.28. The highest BCUT2D eigenvalue weighted by molar-refractivity contribution is 6.30. The maximum Gasteiger partial charge on any atom is 0.254 e. The van der Waals surface area contributed by atoms with Crippen LogP contribution in [0.4, 0.5) is 0 Å². The Hall–Kier alpha value is -2.78. The monoisotopic (exact) mass is 377 g/mol. The number of methoxy groups -OCH3 is 1. The molecule has 1 heterocycles. The molecule has 4 heteroatoms. The molecule has 0 fully saturated rings. The minimum absolute atomic E-state index is 0.0940. The van der Waals surface area contributed by atoms with Crippen LogP contribution in [-0.4, -0.2) is 17.9 Å². The number of fused-ring (bicyclic) bond motifs is 1. The summed E-state index contributed by atoms with van der Waals surface area (Å²) in [6.07, 6.45) is 0.793. The Balaban J connectivity index is 1.49. The van der Waals surface area contributed by atoms with Crippen molar-refractivity contribution in [1.82, 2.24) is 4.90 Å². The van der Waals surface area contributed by atoms with Gasteiger partial charge in [-0.1, -0.05) is 48.0 Å². The molecule has 0 aliphatic carbocycles. The Morgan fingerprint density at radius 1 is 0.926 bits per heavy atom. The first-order valence-electron chi connectivity index (χ1n) is 8.91. The molecule has 0 saturated heterocycles. The fourth-order valence-corrected chi connectivity index (χ4v) is 3.56. The largest absolute Gasteiger partial charge is 0.497 e. The number of carbonyl (C=O) groups excluding carboxylic acids is 1. The topological polar surface area (TPSA) is 29.5 Å². The number of carbonyl (C=O) groups is 1. The molecule has 1 aliphatic rings. The highest BCUT2D eigenvalue weighted by Gasteiger charge is 2.27. The van der Waals surface area contributed by atoms with Gasteiger partial charge in [-0.05, 0) is 59.0 Å². The summed E-state index contributed by atoms with van der Waals surface area (Å²) >= 11 is 5.94. The number of ether oxygens (including phenoxy) is 1. The molecule has 3 nitrogen and oxygen atoms in total. The van der Waals surface area contributed by atoms with Crippen molar-refractivity contribution in [2.75, 3.05) is 7.11 Å². The van der Waals surface area contributed by atoms with E-state index >= 15 is 0 Å². The summed E-state index contributed by atoms with van der Waals surface area (Å²) in [4.78, 5) is 14.7. The van der Waals surface area contributed by atoms with Gasteiger partial charge >= 0.3 is 0 Å². The van der Waals surface area contributed by atoms with Crippen LogP contribution in [0.5, 0.6) is 5.75 Å². The van der Waals surface area contributed by atoms with E-state index in [1.807, 2.05) is 47.4 Å². The van der Waals surface area contributed by atoms with Crippen LogP contribution in [0, 0.1) is 0 Å². The van der Waals surface area contributed by atoms with E-state index < -0.39 is 0 Å². The lowest BCUT2D eigenvalue weighted by Gasteiger charge is -2.15. The molecule has 0 unspecified atom stereocenters. The van der Waals surface area contributed by atoms with Gasteiger partial charge in [-0.15, -0.1) is 0 Å². The summed E-state index contributed by atoms with van der Waals surface area (Å²) in [6, 6.07) is 21.9. The zero-order valence-electron chi connectivity index (χ0n) is 15.1. The standard InChI is InChI=1S/C23H20ClNO2/c1-27-21-10-5-16(6-11-21)12-18-2-7-19-15-25(23(26)22(19)13-18)14-17-3-8-20(24)9-4-17/h2-11,13H,12,14-15H2,1H3. The van der Waals surface area contributed by atoms with Gasteiger partial charge in [-0.2, -0.15) is 0 Å². The van der Waals surface area contributed by atoms with Gasteiger partial charge in [0.25, 0.3) is 5.91 Å². The molecule has 27 heavy (non-hydrogen) atoms. The number of benzene rings is 3. The van der Waals surface area contributed by atoms with E-state index in [2.05, 4.69) is 24.3 Å². The fourth-order valence-electron chi connectivity index (χ4n) is 3.44. The summed E-state index contributed by atoms with van der Waals surface area (Å²) < 4.78 is 5.20.